The van der Waals surface area contributed by atoms with E-state index in [-0.39, 0.29) is 12.5 Å². The lowest BCUT2D eigenvalue weighted by atomic mass is 10.7. The monoisotopic (exact) mass is 269 g/mol. The lowest BCUT2D eigenvalue weighted by Gasteiger charge is -1.87. The predicted molar refractivity (Wildman–Crippen MR) is 61.0 cm³/mol. The van der Waals surface area contributed by atoms with E-state index in [1.54, 1.807) is 0 Å². The first kappa shape index (κ1) is 24.9. The van der Waals surface area contributed by atoms with Gasteiger partial charge in [-0.1, -0.05) is 0 Å². The number of methoxy groups -OCH3 is 1. The lowest BCUT2D eigenvalue weighted by Crippen LogP contribution is -2.14. The summed E-state index contributed by atoms with van der Waals surface area (Å²) in [7, 11) is 1.30. The molecule has 0 aromatic heterocycles. The average Bonchev–Trinajstić information content (AvgIpc) is 2.13. The van der Waals surface area contributed by atoms with Gasteiger partial charge in [0.2, 0.25) is 0 Å². The standard InChI is InChI=1S/C3H7NO2.3C2H4O2/c1-6-3(5)2-4;3*1-2(3)4/h2,4H2,1H3;3*1H3,(H,3,4). The second kappa shape index (κ2) is 20.3. The summed E-state index contributed by atoms with van der Waals surface area (Å²) in [6, 6.07) is 0. The summed E-state index contributed by atoms with van der Waals surface area (Å²) < 4.78 is 4.14. The lowest BCUT2D eigenvalue weighted by molar-refractivity contribution is -0.139. The molecule has 0 saturated heterocycles. The molecule has 0 spiro atoms. The van der Waals surface area contributed by atoms with Crippen LogP contribution in [0, 0.1) is 0 Å². The highest BCUT2D eigenvalue weighted by atomic mass is 16.5. The molecule has 5 N–H and O–H groups in total. The smallest absolute Gasteiger partial charge is 0.319 e. The van der Waals surface area contributed by atoms with Crippen molar-refractivity contribution in [2.45, 2.75) is 20.8 Å². The number of hydrogen-bond acceptors (Lipinski definition) is 6. The van der Waals surface area contributed by atoms with Crippen molar-refractivity contribution in [1.29, 1.82) is 0 Å². The van der Waals surface area contributed by atoms with Crippen molar-refractivity contribution in [3.8, 4) is 0 Å². The molecule has 0 atom stereocenters. The molecular weight excluding hydrogens is 250 g/mol. The van der Waals surface area contributed by atoms with Gasteiger partial charge < -0.3 is 25.8 Å². The van der Waals surface area contributed by atoms with E-state index in [0.29, 0.717) is 0 Å². The third kappa shape index (κ3) is 674. The van der Waals surface area contributed by atoms with E-state index in [4.69, 9.17) is 35.4 Å². The van der Waals surface area contributed by atoms with Crippen LogP contribution in [0.3, 0.4) is 0 Å². The number of carboxylic acid groups (broad SMARTS) is 3. The highest BCUT2D eigenvalue weighted by molar-refractivity contribution is 5.71. The molecule has 0 rings (SSSR count). The first-order chi connectivity index (χ1) is 8.00. The number of rotatable bonds is 1. The molecule has 9 nitrogen and oxygen atoms in total. The van der Waals surface area contributed by atoms with Gasteiger partial charge >= 0.3 is 5.97 Å². The fourth-order valence-electron chi connectivity index (χ4n) is 0.0833. The number of carboxylic acids is 3. The molecule has 0 aromatic carbocycles. The summed E-state index contributed by atoms with van der Waals surface area (Å²) in [5.74, 6) is -2.88. The summed E-state index contributed by atoms with van der Waals surface area (Å²) in [6.07, 6.45) is 0. The molecule has 0 amide bonds. The van der Waals surface area contributed by atoms with Crippen molar-refractivity contribution < 1.29 is 39.2 Å². The fourth-order valence-corrected chi connectivity index (χ4v) is 0.0833. The topological polar surface area (TPSA) is 164 Å². The van der Waals surface area contributed by atoms with Gasteiger partial charge in [-0.25, -0.2) is 0 Å². The van der Waals surface area contributed by atoms with Crippen molar-refractivity contribution in [1.82, 2.24) is 0 Å². The summed E-state index contributed by atoms with van der Waals surface area (Å²) in [4.78, 5) is 36.8. The molecule has 0 bridgehead atoms. The maximum absolute atomic E-state index is 9.83. The Morgan fingerprint density at radius 2 is 1.06 bits per heavy atom. The molecule has 0 aliphatic carbocycles. The second-order valence-corrected chi connectivity index (χ2v) is 2.34. The average molecular weight is 269 g/mol. The van der Waals surface area contributed by atoms with Crippen LogP contribution < -0.4 is 5.73 Å². The molecule has 0 fully saturated rings. The van der Waals surface area contributed by atoms with Crippen LogP contribution >= 0.6 is 0 Å². The zero-order chi connectivity index (χ0) is 15.7. The number of aliphatic carboxylic acids is 3. The molecule has 0 radical (unpaired) electrons. The van der Waals surface area contributed by atoms with Crippen LogP contribution in [0.2, 0.25) is 0 Å². The van der Waals surface area contributed by atoms with E-state index in [1.807, 2.05) is 0 Å². The summed E-state index contributed by atoms with van der Waals surface area (Å²) >= 11 is 0. The van der Waals surface area contributed by atoms with Crippen LogP contribution in [0.1, 0.15) is 20.8 Å². The van der Waals surface area contributed by atoms with E-state index in [9.17, 15) is 4.79 Å². The van der Waals surface area contributed by atoms with Crippen molar-refractivity contribution in [2.24, 2.45) is 5.73 Å². The predicted octanol–water partition coefficient (Wildman–Crippen LogP) is -0.609. The van der Waals surface area contributed by atoms with Gasteiger partial charge in [0.05, 0.1) is 13.7 Å². The summed E-state index contributed by atoms with van der Waals surface area (Å²) in [5, 5.41) is 22.2. The molecule has 18 heavy (non-hydrogen) atoms. The molecule has 0 aliphatic heterocycles. The molecule has 0 saturated carbocycles. The van der Waals surface area contributed by atoms with Gasteiger partial charge in [-0.15, -0.1) is 0 Å². The van der Waals surface area contributed by atoms with Gasteiger partial charge in [0, 0.05) is 20.8 Å². The van der Waals surface area contributed by atoms with Crippen molar-refractivity contribution in [3.05, 3.63) is 0 Å². The zero-order valence-corrected chi connectivity index (χ0v) is 10.7. The molecular formula is C9H19NO8. The number of esters is 1. The normalized spacial score (nSPS) is 6.72. The van der Waals surface area contributed by atoms with E-state index < -0.39 is 17.9 Å². The molecule has 108 valence electrons. The first-order valence-corrected chi connectivity index (χ1v) is 4.36. The molecule has 0 heterocycles. The van der Waals surface area contributed by atoms with Gasteiger partial charge in [0.15, 0.2) is 0 Å². The van der Waals surface area contributed by atoms with Gasteiger partial charge in [0.1, 0.15) is 0 Å². The zero-order valence-electron chi connectivity index (χ0n) is 10.7. The third-order valence-electron chi connectivity index (χ3n) is 0.394. The van der Waals surface area contributed by atoms with Crippen LogP contribution in [0.4, 0.5) is 0 Å². The van der Waals surface area contributed by atoms with Crippen LogP contribution in [0.5, 0.6) is 0 Å². The Morgan fingerprint density at radius 1 is 0.889 bits per heavy atom. The molecule has 9 heteroatoms. The Morgan fingerprint density at radius 3 is 1.06 bits per heavy atom. The molecule has 0 aliphatic rings. The van der Waals surface area contributed by atoms with Gasteiger partial charge in [-0.2, -0.15) is 0 Å². The van der Waals surface area contributed by atoms with E-state index in [1.165, 1.54) is 7.11 Å². The van der Waals surface area contributed by atoms with E-state index >= 15 is 0 Å². The quantitative estimate of drug-likeness (QED) is 0.454. The SMILES string of the molecule is CC(=O)O.CC(=O)O.CC(=O)O.COC(=O)CN. The van der Waals surface area contributed by atoms with Crippen molar-refractivity contribution in [2.75, 3.05) is 13.7 Å². The minimum absolute atomic E-state index is 0.0312. The van der Waals surface area contributed by atoms with Crippen LogP contribution in [-0.4, -0.2) is 52.9 Å². The third-order valence-corrected chi connectivity index (χ3v) is 0.394. The Bertz CT molecular complexity index is 204. The first-order valence-electron chi connectivity index (χ1n) is 4.36. The second-order valence-electron chi connectivity index (χ2n) is 2.34. The molecule has 0 aromatic rings. The molecule has 0 unspecified atom stereocenters. The minimum Gasteiger partial charge on any atom is -0.481 e. The number of nitrogens with two attached hydrogens (primary N) is 1. The highest BCUT2D eigenvalue weighted by Crippen LogP contribution is 1.61. The van der Waals surface area contributed by atoms with E-state index in [0.717, 1.165) is 20.8 Å². The minimum atomic E-state index is -0.833. The number of carbonyl (C=O) groups is 4. The van der Waals surface area contributed by atoms with Crippen LogP contribution in [-0.2, 0) is 23.9 Å². The van der Waals surface area contributed by atoms with Gasteiger partial charge in [-0.05, 0) is 0 Å². The van der Waals surface area contributed by atoms with Crippen molar-refractivity contribution >= 4 is 23.9 Å². The summed E-state index contributed by atoms with van der Waals surface area (Å²) in [5.41, 5.74) is 4.81. The largest absolute Gasteiger partial charge is 0.481 e. The van der Waals surface area contributed by atoms with Crippen LogP contribution in [0.25, 0.3) is 0 Å². The Hall–Kier alpha value is -2.16. The van der Waals surface area contributed by atoms with Gasteiger partial charge in [-0.3, -0.25) is 19.2 Å². The fraction of sp³-hybridized carbons (Fsp3) is 0.556. The Kier molecular flexibility index (Phi) is 28.0. The maximum atomic E-state index is 9.83. The van der Waals surface area contributed by atoms with Gasteiger partial charge in [0.25, 0.3) is 17.9 Å². The Balaban J connectivity index is -0.0000000742. The number of hydrogen-bond donors (Lipinski definition) is 4. The van der Waals surface area contributed by atoms with Crippen molar-refractivity contribution in [3.63, 3.8) is 0 Å². The maximum Gasteiger partial charge on any atom is 0.319 e. The van der Waals surface area contributed by atoms with Crippen LogP contribution in [0.15, 0.2) is 0 Å². The van der Waals surface area contributed by atoms with E-state index in [2.05, 4.69) is 4.74 Å². The summed E-state index contributed by atoms with van der Waals surface area (Å²) in [6.45, 7) is 3.22. The number of carbonyl (C=O) groups excluding carboxylic acids is 1. The highest BCUT2D eigenvalue weighted by Gasteiger charge is 1.87. The number of ether oxygens (including phenoxy) is 1. The Labute approximate surface area is 104 Å².